The Morgan fingerprint density at radius 2 is 1.29 bits per heavy atom. The van der Waals surface area contributed by atoms with Crippen LogP contribution in [0.1, 0.15) is 40.5 Å². The first-order valence-electron chi connectivity index (χ1n) is 6.04. The first kappa shape index (κ1) is 21.3. The Balaban J connectivity index is 0. The van der Waals surface area contributed by atoms with Gasteiger partial charge in [0, 0.05) is 0 Å². The fourth-order valence-corrected chi connectivity index (χ4v) is 3.10. The maximum atomic E-state index is 5.57. The zero-order valence-corrected chi connectivity index (χ0v) is 17.6. The molecule has 0 aromatic heterocycles. The Morgan fingerprint density at radius 3 is 1.59 bits per heavy atom. The third-order valence-electron chi connectivity index (χ3n) is 4.58. The van der Waals surface area contributed by atoms with Crippen LogP contribution in [0.4, 0.5) is 0 Å². The van der Waals surface area contributed by atoms with Crippen molar-refractivity contribution in [2.24, 2.45) is 35.3 Å². The van der Waals surface area contributed by atoms with Crippen LogP contribution in [0.2, 0.25) is 0 Å². The van der Waals surface area contributed by atoms with Gasteiger partial charge in [-0.25, -0.2) is 0 Å². The summed E-state index contributed by atoms with van der Waals surface area (Å²) in [6.45, 7) is 10.5. The van der Waals surface area contributed by atoms with E-state index < -0.39 is 0 Å². The second kappa shape index (κ2) is 11.8. The molecule has 0 bridgehead atoms. The number of nitrogens with two attached hydrogens (primary N) is 1. The van der Waals surface area contributed by atoms with Gasteiger partial charge < -0.3 is 13.2 Å². The van der Waals surface area contributed by atoms with E-state index in [1.54, 1.807) is 0 Å². The molecule has 4 unspecified atom stereocenters. The van der Waals surface area contributed by atoms with Crippen molar-refractivity contribution in [2.75, 3.05) is 6.54 Å². The zero-order chi connectivity index (χ0) is 12.7. The Kier molecular flexibility index (Phi) is 14.9. The summed E-state index contributed by atoms with van der Waals surface area (Å²) in [4.78, 5) is 0. The summed E-state index contributed by atoms with van der Waals surface area (Å²) in [7, 11) is 0.770. The molecule has 17 heavy (non-hydrogen) atoms. The van der Waals surface area contributed by atoms with Gasteiger partial charge in [-0.3, -0.25) is 0 Å². The van der Waals surface area contributed by atoms with Crippen molar-refractivity contribution in [3.63, 3.8) is 0 Å². The topological polar surface area (TPSA) is 26.0 Å². The van der Waals surface area contributed by atoms with Crippen LogP contribution in [-0.2, 0) is 10.1 Å². The third kappa shape index (κ3) is 6.85. The molecule has 0 spiro atoms. The molecule has 0 heterocycles. The van der Waals surface area contributed by atoms with Gasteiger partial charge >= 0.3 is 49.6 Å². The summed E-state index contributed by atoms with van der Waals surface area (Å²) >= 11 is 4.69. The fourth-order valence-electron chi connectivity index (χ4n) is 3.10. The molecule has 1 aliphatic rings. The van der Waals surface area contributed by atoms with Crippen molar-refractivity contribution in [2.45, 2.75) is 40.5 Å². The van der Waals surface area contributed by atoms with E-state index in [2.05, 4.69) is 67.2 Å². The summed E-state index contributed by atoms with van der Waals surface area (Å²) in [5.41, 5.74) is 5.57. The Morgan fingerprint density at radius 1 is 0.941 bits per heavy atom. The van der Waals surface area contributed by atoms with Crippen LogP contribution < -0.4 is 5.73 Å². The average Bonchev–Trinajstić information content (AvgIpc) is 2.43. The van der Waals surface area contributed by atoms with Crippen molar-refractivity contribution < 1.29 is 10.1 Å². The average molecular weight is 555 g/mol. The minimum atomic E-state index is 0. The number of rotatable bonds is 3. The van der Waals surface area contributed by atoms with Crippen LogP contribution in [0.25, 0.3) is 0 Å². The van der Waals surface area contributed by atoms with E-state index >= 15 is 0 Å². The summed E-state index contributed by atoms with van der Waals surface area (Å²) in [6, 6.07) is 0. The van der Waals surface area contributed by atoms with E-state index in [0.717, 1.165) is 46.2 Å². The van der Waals surface area contributed by atoms with E-state index in [0.29, 0.717) is 0 Å². The van der Waals surface area contributed by atoms with Gasteiger partial charge in [0.25, 0.3) is 0 Å². The Labute approximate surface area is 138 Å². The fraction of sp³-hybridized carbons (Fsp3) is 0.923. The minimum absolute atomic E-state index is 0. The van der Waals surface area contributed by atoms with Gasteiger partial charge in [-0.15, -0.1) is 0 Å². The molecule has 2 N–H and O–H groups in total. The van der Waals surface area contributed by atoms with Crippen LogP contribution in [0.3, 0.4) is 0 Å². The molecule has 109 valence electrons. The molecular formula is C13H28I2NRh-. The molecule has 1 rings (SSSR count). The first-order chi connectivity index (χ1) is 7.51. The van der Waals surface area contributed by atoms with Crippen molar-refractivity contribution in [1.82, 2.24) is 0 Å². The molecular weight excluding hydrogens is 527 g/mol. The van der Waals surface area contributed by atoms with Gasteiger partial charge in [-0.2, -0.15) is 0 Å². The van der Waals surface area contributed by atoms with Crippen molar-refractivity contribution >= 4 is 39.5 Å². The second-order valence-corrected chi connectivity index (χ2v) is 17.7. The third-order valence-corrected chi connectivity index (χ3v) is 4.58. The summed E-state index contributed by atoms with van der Waals surface area (Å²) in [5, 5.41) is 0. The molecule has 0 radical (unpaired) electrons. The van der Waals surface area contributed by atoms with Gasteiger partial charge in [-0.1, -0.05) is 27.7 Å². The standard InChI is InChI=1S/C12H25N.CH3.2HI.Rh/c1-8-9(2)11(4)12(10(8)3)6-5-7-13;;;;/h8-12H,5-7,13H2,1-4H3;1H3;2*1H;/q;-1;;;+2/p-2. The molecule has 0 amide bonds. The molecule has 0 saturated heterocycles. The van der Waals surface area contributed by atoms with Crippen LogP contribution in [0.15, 0.2) is 0 Å². The van der Waals surface area contributed by atoms with Crippen molar-refractivity contribution in [3.8, 4) is 0 Å². The summed E-state index contributed by atoms with van der Waals surface area (Å²) in [6.07, 6.45) is 2.55. The summed E-state index contributed by atoms with van der Waals surface area (Å²) < 4.78 is 0. The van der Waals surface area contributed by atoms with E-state index in [9.17, 15) is 0 Å². The molecule has 0 aliphatic heterocycles. The molecule has 1 saturated carbocycles. The monoisotopic (exact) mass is 555 g/mol. The summed E-state index contributed by atoms with van der Waals surface area (Å²) in [5.74, 6) is 4.53. The SMILES string of the molecule is CC1C(C)C(C)C(CCCN)C1C.[CH3-].[I][Rh][I]. The van der Waals surface area contributed by atoms with Crippen molar-refractivity contribution in [3.05, 3.63) is 7.43 Å². The zero-order valence-electron chi connectivity index (χ0n) is 11.7. The van der Waals surface area contributed by atoms with E-state index in [-0.39, 0.29) is 7.43 Å². The predicted octanol–water partition coefficient (Wildman–Crippen LogP) is 5.12. The van der Waals surface area contributed by atoms with Crippen LogP contribution in [-0.4, -0.2) is 6.54 Å². The first-order valence-corrected chi connectivity index (χ1v) is 15.8. The molecule has 1 aliphatic carbocycles. The van der Waals surface area contributed by atoms with Gasteiger partial charge in [-0.05, 0) is 49.0 Å². The van der Waals surface area contributed by atoms with Crippen LogP contribution >= 0.6 is 39.5 Å². The quantitative estimate of drug-likeness (QED) is 0.293. The number of halogens is 2. The predicted molar refractivity (Wildman–Crippen MR) is 92.9 cm³/mol. The van der Waals surface area contributed by atoms with E-state index in [1.165, 1.54) is 12.8 Å². The molecule has 0 aromatic carbocycles. The van der Waals surface area contributed by atoms with Crippen molar-refractivity contribution in [1.29, 1.82) is 0 Å². The van der Waals surface area contributed by atoms with Crippen LogP contribution in [0, 0.1) is 37.0 Å². The van der Waals surface area contributed by atoms with Crippen LogP contribution in [0.5, 0.6) is 0 Å². The molecule has 4 atom stereocenters. The Bertz CT molecular complexity index is 167. The normalized spacial score (nSPS) is 36.1. The van der Waals surface area contributed by atoms with Gasteiger partial charge in [0.05, 0.1) is 0 Å². The van der Waals surface area contributed by atoms with E-state index in [1.807, 2.05) is 0 Å². The Hall–Kier alpha value is 2.04. The second-order valence-electron chi connectivity index (χ2n) is 5.08. The molecule has 1 fully saturated rings. The van der Waals surface area contributed by atoms with E-state index in [4.69, 9.17) is 5.73 Å². The number of hydrogen-bond acceptors (Lipinski definition) is 1. The molecule has 4 heteroatoms. The molecule has 0 aromatic rings. The van der Waals surface area contributed by atoms with Gasteiger partial charge in [0.2, 0.25) is 0 Å². The number of hydrogen-bond donors (Lipinski definition) is 1. The molecule has 1 nitrogen and oxygen atoms in total. The van der Waals surface area contributed by atoms with Gasteiger partial charge in [0.1, 0.15) is 0 Å². The maximum absolute atomic E-state index is 5.57. The van der Waals surface area contributed by atoms with Gasteiger partial charge in [0.15, 0.2) is 0 Å².